The Balaban J connectivity index is 2.01. The Labute approximate surface area is 148 Å². The van der Waals surface area contributed by atoms with Crippen molar-refractivity contribution in [2.45, 2.75) is 45.6 Å². The standard InChI is InChI=1S/C18H26ClN3O2/c1-3-22(4-2)18(24)14-9-8-13(11-15(14)19)21-17(23)10-12-6-5-7-16(12)20/h8-9,11-12,16H,3-7,10,20H2,1-2H3,(H,21,23)/t12-,16+/m0/s1. The third-order valence-corrected chi connectivity index (χ3v) is 5.01. The quantitative estimate of drug-likeness (QED) is 0.825. The number of halogens is 1. The van der Waals surface area contributed by atoms with Crippen molar-refractivity contribution < 1.29 is 9.59 Å². The van der Waals surface area contributed by atoms with Crippen molar-refractivity contribution in [3.05, 3.63) is 28.8 Å². The van der Waals surface area contributed by atoms with Crippen LogP contribution in [0.25, 0.3) is 0 Å². The van der Waals surface area contributed by atoms with Crippen LogP contribution >= 0.6 is 11.6 Å². The van der Waals surface area contributed by atoms with Gasteiger partial charge in [0.05, 0.1) is 10.6 Å². The van der Waals surface area contributed by atoms with E-state index in [2.05, 4.69) is 5.32 Å². The molecule has 0 aromatic heterocycles. The molecule has 24 heavy (non-hydrogen) atoms. The minimum Gasteiger partial charge on any atom is -0.339 e. The number of amides is 2. The molecule has 1 saturated carbocycles. The largest absolute Gasteiger partial charge is 0.339 e. The van der Waals surface area contributed by atoms with Gasteiger partial charge in [0.1, 0.15) is 0 Å². The van der Waals surface area contributed by atoms with Gasteiger partial charge < -0.3 is 16.0 Å². The molecule has 1 aromatic rings. The molecule has 2 atom stereocenters. The van der Waals surface area contributed by atoms with E-state index < -0.39 is 0 Å². The van der Waals surface area contributed by atoms with E-state index in [-0.39, 0.29) is 23.8 Å². The van der Waals surface area contributed by atoms with Crippen molar-refractivity contribution in [2.24, 2.45) is 11.7 Å². The zero-order valence-electron chi connectivity index (χ0n) is 14.3. The van der Waals surface area contributed by atoms with Crippen LogP contribution in [-0.4, -0.2) is 35.8 Å². The van der Waals surface area contributed by atoms with E-state index in [0.717, 1.165) is 19.3 Å². The molecular formula is C18H26ClN3O2. The molecule has 0 radical (unpaired) electrons. The predicted octanol–water partition coefficient (Wildman–Crippen LogP) is 3.28. The predicted molar refractivity (Wildman–Crippen MR) is 97.3 cm³/mol. The molecule has 5 nitrogen and oxygen atoms in total. The van der Waals surface area contributed by atoms with E-state index in [1.54, 1.807) is 23.1 Å². The third-order valence-electron chi connectivity index (χ3n) is 4.70. The van der Waals surface area contributed by atoms with Crippen LogP contribution in [0.2, 0.25) is 5.02 Å². The topological polar surface area (TPSA) is 75.4 Å². The fourth-order valence-electron chi connectivity index (χ4n) is 3.22. The Hall–Kier alpha value is -1.59. The van der Waals surface area contributed by atoms with Crippen molar-refractivity contribution in [1.82, 2.24) is 4.90 Å². The smallest absolute Gasteiger partial charge is 0.255 e. The van der Waals surface area contributed by atoms with Crippen LogP contribution in [0.5, 0.6) is 0 Å². The Morgan fingerprint density at radius 2 is 2.00 bits per heavy atom. The first kappa shape index (κ1) is 18.7. The average molecular weight is 352 g/mol. The highest BCUT2D eigenvalue weighted by molar-refractivity contribution is 6.34. The summed E-state index contributed by atoms with van der Waals surface area (Å²) in [7, 11) is 0. The molecular weight excluding hydrogens is 326 g/mol. The minimum atomic E-state index is -0.0974. The Kier molecular flexibility index (Phi) is 6.63. The summed E-state index contributed by atoms with van der Waals surface area (Å²) < 4.78 is 0. The summed E-state index contributed by atoms with van der Waals surface area (Å²) in [6.45, 7) is 5.12. The monoisotopic (exact) mass is 351 g/mol. The van der Waals surface area contributed by atoms with Crippen molar-refractivity contribution in [2.75, 3.05) is 18.4 Å². The van der Waals surface area contributed by atoms with E-state index in [0.29, 0.717) is 35.8 Å². The number of carbonyl (C=O) groups is 2. The second-order valence-electron chi connectivity index (χ2n) is 6.28. The Bertz CT molecular complexity index is 602. The molecule has 3 N–H and O–H groups in total. The maximum Gasteiger partial charge on any atom is 0.255 e. The third kappa shape index (κ3) is 4.48. The molecule has 0 unspecified atom stereocenters. The molecule has 0 bridgehead atoms. The summed E-state index contributed by atoms with van der Waals surface area (Å²) in [5.74, 6) is 0.0973. The lowest BCUT2D eigenvalue weighted by atomic mass is 10.00. The van der Waals surface area contributed by atoms with Gasteiger partial charge in [-0.05, 0) is 50.8 Å². The first-order valence-electron chi connectivity index (χ1n) is 8.60. The number of nitrogens with zero attached hydrogens (tertiary/aromatic N) is 1. The molecule has 1 aliphatic rings. The van der Waals surface area contributed by atoms with Gasteiger partial charge in [0, 0.05) is 31.2 Å². The van der Waals surface area contributed by atoms with Gasteiger partial charge in [-0.1, -0.05) is 18.0 Å². The summed E-state index contributed by atoms with van der Waals surface area (Å²) in [5, 5.41) is 3.20. The van der Waals surface area contributed by atoms with Gasteiger partial charge in [-0.2, -0.15) is 0 Å². The maximum absolute atomic E-state index is 12.4. The summed E-state index contributed by atoms with van der Waals surface area (Å²) in [6.07, 6.45) is 3.52. The van der Waals surface area contributed by atoms with Gasteiger partial charge in [0.25, 0.3) is 5.91 Å². The summed E-state index contributed by atoms with van der Waals surface area (Å²) >= 11 is 6.24. The second-order valence-corrected chi connectivity index (χ2v) is 6.69. The highest BCUT2D eigenvalue weighted by Crippen LogP contribution is 2.28. The molecule has 1 fully saturated rings. The van der Waals surface area contributed by atoms with E-state index in [4.69, 9.17) is 17.3 Å². The number of nitrogens with one attached hydrogen (secondary N) is 1. The van der Waals surface area contributed by atoms with Gasteiger partial charge >= 0.3 is 0 Å². The van der Waals surface area contributed by atoms with Crippen LogP contribution in [0.4, 0.5) is 5.69 Å². The molecule has 0 aliphatic heterocycles. The Morgan fingerprint density at radius 3 is 2.54 bits per heavy atom. The molecule has 0 spiro atoms. The first-order chi connectivity index (χ1) is 11.5. The van der Waals surface area contributed by atoms with E-state index in [1.807, 2.05) is 13.8 Å². The fourth-order valence-corrected chi connectivity index (χ4v) is 3.48. The maximum atomic E-state index is 12.4. The Morgan fingerprint density at radius 1 is 1.29 bits per heavy atom. The summed E-state index contributed by atoms with van der Waals surface area (Å²) in [5.41, 5.74) is 7.07. The van der Waals surface area contributed by atoms with Crippen molar-refractivity contribution in [1.29, 1.82) is 0 Å². The van der Waals surface area contributed by atoms with Crippen LogP contribution in [0, 0.1) is 5.92 Å². The van der Waals surface area contributed by atoms with Gasteiger partial charge in [0.15, 0.2) is 0 Å². The van der Waals surface area contributed by atoms with Crippen LogP contribution in [0.3, 0.4) is 0 Å². The van der Waals surface area contributed by atoms with Gasteiger partial charge in [-0.15, -0.1) is 0 Å². The van der Waals surface area contributed by atoms with Crippen molar-refractivity contribution in [3.63, 3.8) is 0 Å². The lowest BCUT2D eigenvalue weighted by molar-refractivity contribution is -0.117. The van der Waals surface area contributed by atoms with Crippen LogP contribution in [-0.2, 0) is 4.79 Å². The van der Waals surface area contributed by atoms with E-state index in [9.17, 15) is 9.59 Å². The normalized spacial score (nSPS) is 20.0. The lowest BCUT2D eigenvalue weighted by Gasteiger charge is -2.19. The van der Waals surface area contributed by atoms with Crippen LogP contribution in [0.1, 0.15) is 49.9 Å². The SMILES string of the molecule is CCN(CC)C(=O)c1ccc(NC(=O)C[C@@H]2CCC[C@H]2N)cc1Cl. The molecule has 1 aromatic carbocycles. The zero-order valence-corrected chi connectivity index (χ0v) is 15.1. The number of nitrogens with two attached hydrogens (primary N) is 1. The summed E-state index contributed by atoms with van der Waals surface area (Å²) in [4.78, 5) is 26.2. The highest BCUT2D eigenvalue weighted by Gasteiger charge is 2.26. The van der Waals surface area contributed by atoms with Gasteiger partial charge in [-0.3, -0.25) is 9.59 Å². The van der Waals surface area contributed by atoms with Gasteiger partial charge in [0.2, 0.25) is 5.91 Å². The molecule has 6 heteroatoms. The molecule has 2 amide bonds. The van der Waals surface area contributed by atoms with Gasteiger partial charge in [-0.25, -0.2) is 0 Å². The summed E-state index contributed by atoms with van der Waals surface area (Å²) in [6, 6.07) is 5.13. The number of anilines is 1. The number of rotatable bonds is 6. The van der Waals surface area contributed by atoms with E-state index >= 15 is 0 Å². The molecule has 132 valence electrons. The zero-order chi connectivity index (χ0) is 17.7. The molecule has 1 aliphatic carbocycles. The molecule has 0 saturated heterocycles. The average Bonchev–Trinajstić information content (AvgIpc) is 2.93. The molecule has 0 heterocycles. The highest BCUT2D eigenvalue weighted by atomic mass is 35.5. The lowest BCUT2D eigenvalue weighted by Crippen LogP contribution is -2.30. The fraction of sp³-hybridized carbons (Fsp3) is 0.556. The minimum absolute atomic E-state index is 0.0590. The second kappa shape index (κ2) is 8.49. The van der Waals surface area contributed by atoms with Crippen LogP contribution < -0.4 is 11.1 Å². The van der Waals surface area contributed by atoms with Crippen molar-refractivity contribution >= 4 is 29.1 Å². The number of hydrogen-bond donors (Lipinski definition) is 2. The molecule has 2 rings (SSSR count). The number of hydrogen-bond acceptors (Lipinski definition) is 3. The van der Waals surface area contributed by atoms with E-state index in [1.165, 1.54) is 0 Å². The number of benzene rings is 1. The first-order valence-corrected chi connectivity index (χ1v) is 8.98. The number of carbonyl (C=O) groups excluding carboxylic acids is 2. The van der Waals surface area contributed by atoms with Crippen LogP contribution in [0.15, 0.2) is 18.2 Å². The van der Waals surface area contributed by atoms with Crippen molar-refractivity contribution in [3.8, 4) is 0 Å².